The van der Waals surface area contributed by atoms with Gasteiger partial charge in [-0.3, -0.25) is 0 Å². The van der Waals surface area contributed by atoms with Gasteiger partial charge in [-0.15, -0.1) is 0 Å². The van der Waals surface area contributed by atoms with Crippen molar-refractivity contribution in [1.82, 2.24) is 4.98 Å². The minimum atomic E-state index is 0.364. The number of benzene rings is 2. The van der Waals surface area contributed by atoms with Gasteiger partial charge in [-0.1, -0.05) is 29.8 Å². The van der Waals surface area contributed by atoms with E-state index in [1.807, 2.05) is 6.07 Å². The molecule has 0 amide bonds. The van der Waals surface area contributed by atoms with E-state index in [0.29, 0.717) is 6.04 Å². The standard InChI is InChI=1S/C19H20N2O/c1-12-3-5-13(6-4-12)18-19-15(9-10-20-18)16-11-14(22-2)7-8-17(16)21-19/h3-8,11,18,20-21H,9-10H2,1-2H3/p+1. The zero-order valence-corrected chi connectivity index (χ0v) is 13.0. The molecule has 2 aromatic carbocycles. The number of aromatic nitrogens is 1. The maximum absolute atomic E-state index is 5.39. The maximum Gasteiger partial charge on any atom is 0.153 e. The van der Waals surface area contributed by atoms with Crippen molar-refractivity contribution in [3.8, 4) is 5.75 Å². The largest absolute Gasteiger partial charge is 0.497 e. The van der Waals surface area contributed by atoms with Crippen LogP contribution in [0.3, 0.4) is 0 Å². The molecule has 4 rings (SSSR count). The SMILES string of the molecule is COc1ccc2[nH]c3c(c2c1)CC[NH2+]C3c1ccc(C)cc1. The van der Waals surface area contributed by atoms with E-state index in [1.165, 1.54) is 33.3 Å². The third-order valence-corrected chi connectivity index (χ3v) is 4.69. The molecule has 0 bridgehead atoms. The Labute approximate surface area is 130 Å². The molecule has 1 aliphatic rings. The molecule has 0 fully saturated rings. The normalized spacial score (nSPS) is 17.5. The van der Waals surface area contributed by atoms with Crippen LogP contribution in [0.1, 0.15) is 28.4 Å². The summed E-state index contributed by atoms with van der Waals surface area (Å²) in [6, 6.07) is 15.6. The number of ether oxygens (including phenoxy) is 1. The molecule has 1 aromatic heterocycles. The van der Waals surface area contributed by atoms with Crippen LogP contribution in [0.15, 0.2) is 42.5 Å². The smallest absolute Gasteiger partial charge is 0.153 e. The molecule has 3 nitrogen and oxygen atoms in total. The molecule has 2 heterocycles. The van der Waals surface area contributed by atoms with E-state index in [2.05, 4.69) is 53.6 Å². The first-order valence-corrected chi connectivity index (χ1v) is 7.84. The van der Waals surface area contributed by atoms with Crippen molar-refractivity contribution in [1.29, 1.82) is 0 Å². The summed E-state index contributed by atoms with van der Waals surface area (Å²) in [5.41, 5.74) is 6.67. The first-order valence-electron chi connectivity index (χ1n) is 7.84. The minimum Gasteiger partial charge on any atom is -0.497 e. The van der Waals surface area contributed by atoms with E-state index in [4.69, 9.17) is 4.74 Å². The highest BCUT2D eigenvalue weighted by Crippen LogP contribution is 2.32. The topological polar surface area (TPSA) is 41.6 Å². The number of methoxy groups -OCH3 is 1. The number of hydrogen-bond acceptors (Lipinski definition) is 1. The number of aryl methyl sites for hydroxylation is 1. The van der Waals surface area contributed by atoms with E-state index >= 15 is 0 Å². The summed E-state index contributed by atoms with van der Waals surface area (Å²) in [5, 5.41) is 3.74. The lowest BCUT2D eigenvalue weighted by molar-refractivity contribution is -0.690. The molecule has 3 aromatic rings. The number of fused-ring (bicyclic) bond motifs is 3. The Kier molecular flexibility index (Phi) is 3.16. The molecule has 3 N–H and O–H groups in total. The molecule has 1 atom stereocenters. The molecule has 0 radical (unpaired) electrons. The zero-order chi connectivity index (χ0) is 15.1. The number of nitrogens with one attached hydrogen (secondary N) is 1. The summed E-state index contributed by atoms with van der Waals surface area (Å²) in [6.45, 7) is 3.25. The molecule has 0 saturated heterocycles. The second kappa shape index (κ2) is 5.18. The lowest BCUT2D eigenvalue weighted by Crippen LogP contribution is -2.87. The average molecular weight is 293 g/mol. The Morgan fingerprint density at radius 2 is 1.95 bits per heavy atom. The fraction of sp³-hybridized carbons (Fsp3) is 0.263. The second-order valence-corrected chi connectivity index (χ2v) is 6.09. The molecule has 0 spiro atoms. The van der Waals surface area contributed by atoms with E-state index < -0.39 is 0 Å². The molecule has 112 valence electrons. The predicted octanol–water partition coefficient (Wildman–Crippen LogP) is 2.69. The molecular weight excluding hydrogens is 272 g/mol. The van der Waals surface area contributed by atoms with E-state index in [-0.39, 0.29) is 0 Å². The summed E-state index contributed by atoms with van der Waals surface area (Å²) in [5.74, 6) is 0.927. The predicted molar refractivity (Wildman–Crippen MR) is 88.4 cm³/mol. The third-order valence-electron chi connectivity index (χ3n) is 4.69. The van der Waals surface area contributed by atoms with Gasteiger partial charge in [-0.2, -0.15) is 0 Å². The molecule has 0 saturated carbocycles. The summed E-state index contributed by atoms with van der Waals surface area (Å²) in [6.07, 6.45) is 1.10. The van der Waals surface area contributed by atoms with Gasteiger partial charge in [-0.05, 0) is 30.7 Å². The molecule has 22 heavy (non-hydrogen) atoms. The molecule has 0 aliphatic carbocycles. The maximum atomic E-state index is 5.39. The second-order valence-electron chi connectivity index (χ2n) is 6.09. The van der Waals surface area contributed by atoms with Crippen LogP contribution in [-0.4, -0.2) is 18.6 Å². The fourth-order valence-electron chi connectivity index (χ4n) is 3.50. The Bertz CT molecular complexity index is 817. The van der Waals surface area contributed by atoms with Gasteiger partial charge in [0, 0.05) is 22.9 Å². The van der Waals surface area contributed by atoms with Gasteiger partial charge in [0.05, 0.1) is 19.3 Å². The Morgan fingerprint density at radius 1 is 1.14 bits per heavy atom. The Morgan fingerprint density at radius 3 is 2.73 bits per heavy atom. The highest BCUT2D eigenvalue weighted by Gasteiger charge is 2.28. The van der Waals surface area contributed by atoms with Crippen molar-refractivity contribution in [2.24, 2.45) is 0 Å². The summed E-state index contributed by atoms with van der Waals surface area (Å²) >= 11 is 0. The van der Waals surface area contributed by atoms with Crippen LogP contribution in [-0.2, 0) is 6.42 Å². The highest BCUT2D eigenvalue weighted by atomic mass is 16.5. The Hall–Kier alpha value is -2.26. The molecular formula is C19H21N2O+. The van der Waals surface area contributed by atoms with Crippen molar-refractivity contribution in [3.63, 3.8) is 0 Å². The lowest BCUT2D eigenvalue weighted by atomic mass is 9.94. The number of nitrogens with two attached hydrogens (primary N) is 1. The Balaban J connectivity index is 1.85. The number of hydrogen-bond donors (Lipinski definition) is 2. The highest BCUT2D eigenvalue weighted by molar-refractivity contribution is 5.86. The lowest BCUT2D eigenvalue weighted by Gasteiger charge is -2.21. The van der Waals surface area contributed by atoms with Gasteiger partial charge in [0.2, 0.25) is 0 Å². The summed E-state index contributed by atoms with van der Waals surface area (Å²) < 4.78 is 5.39. The molecule has 1 aliphatic heterocycles. The van der Waals surface area contributed by atoms with Crippen LogP contribution in [0, 0.1) is 6.92 Å². The van der Waals surface area contributed by atoms with Crippen LogP contribution in [0.2, 0.25) is 0 Å². The van der Waals surface area contributed by atoms with Crippen molar-refractivity contribution < 1.29 is 10.1 Å². The summed E-state index contributed by atoms with van der Waals surface area (Å²) in [4.78, 5) is 3.64. The van der Waals surface area contributed by atoms with Gasteiger partial charge in [0.25, 0.3) is 0 Å². The zero-order valence-electron chi connectivity index (χ0n) is 13.0. The van der Waals surface area contributed by atoms with Crippen molar-refractivity contribution in [3.05, 3.63) is 64.8 Å². The van der Waals surface area contributed by atoms with Crippen molar-refractivity contribution >= 4 is 10.9 Å². The van der Waals surface area contributed by atoms with Crippen LogP contribution < -0.4 is 10.1 Å². The quantitative estimate of drug-likeness (QED) is 0.749. The average Bonchev–Trinajstić information content (AvgIpc) is 2.93. The third kappa shape index (κ3) is 2.09. The van der Waals surface area contributed by atoms with E-state index in [1.54, 1.807) is 7.11 Å². The number of quaternary nitrogens is 1. The first kappa shape index (κ1) is 13.4. The van der Waals surface area contributed by atoms with E-state index in [9.17, 15) is 0 Å². The molecule has 3 heteroatoms. The number of H-pyrrole nitrogens is 1. The van der Waals surface area contributed by atoms with E-state index in [0.717, 1.165) is 18.7 Å². The van der Waals surface area contributed by atoms with Crippen LogP contribution in [0.5, 0.6) is 5.75 Å². The van der Waals surface area contributed by atoms with Gasteiger partial charge in [-0.25, -0.2) is 0 Å². The number of aromatic amines is 1. The van der Waals surface area contributed by atoms with Crippen LogP contribution >= 0.6 is 0 Å². The first-order chi connectivity index (χ1) is 10.8. The minimum absolute atomic E-state index is 0.364. The monoisotopic (exact) mass is 293 g/mol. The number of rotatable bonds is 2. The molecule has 1 unspecified atom stereocenters. The van der Waals surface area contributed by atoms with Gasteiger partial charge >= 0.3 is 0 Å². The van der Waals surface area contributed by atoms with Gasteiger partial charge in [0.15, 0.2) is 6.04 Å². The summed E-state index contributed by atoms with van der Waals surface area (Å²) in [7, 11) is 1.73. The van der Waals surface area contributed by atoms with Gasteiger partial charge < -0.3 is 15.0 Å². The van der Waals surface area contributed by atoms with Crippen LogP contribution in [0.4, 0.5) is 0 Å². The van der Waals surface area contributed by atoms with Crippen LogP contribution in [0.25, 0.3) is 10.9 Å². The van der Waals surface area contributed by atoms with Crippen molar-refractivity contribution in [2.45, 2.75) is 19.4 Å². The fourth-order valence-corrected chi connectivity index (χ4v) is 3.50. The van der Waals surface area contributed by atoms with Gasteiger partial charge in [0.1, 0.15) is 5.75 Å². The van der Waals surface area contributed by atoms with Crippen molar-refractivity contribution in [2.75, 3.05) is 13.7 Å².